The summed E-state index contributed by atoms with van der Waals surface area (Å²) in [5, 5.41) is 28.6. The maximum atomic E-state index is 12.2. The fourth-order valence-corrected chi connectivity index (χ4v) is 2.64. The molecule has 9 nitrogen and oxygen atoms in total. The quantitative estimate of drug-likeness (QED) is 0.127. The summed E-state index contributed by atoms with van der Waals surface area (Å²) in [7, 11) is 0. The van der Waals surface area contributed by atoms with E-state index in [1.807, 2.05) is 20.8 Å². The molecule has 0 aliphatic heterocycles. The van der Waals surface area contributed by atoms with E-state index in [1.54, 1.807) is 36.5 Å². The minimum Gasteiger partial charge on any atom is -0.461 e. The van der Waals surface area contributed by atoms with E-state index in [-0.39, 0.29) is 32.5 Å². The molecule has 9 heteroatoms. The molecule has 0 rings (SSSR count). The molecule has 0 saturated carbocycles. The van der Waals surface area contributed by atoms with Gasteiger partial charge in [0.25, 0.3) is 0 Å². The van der Waals surface area contributed by atoms with E-state index in [2.05, 4.69) is 0 Å². The number of rotatable bonds is 20. The Labute approximate surface area is 214 Å². The number of ether oxygens (including phenoxy) is 3. The van der Waals surface area contributed by atoms with Crippen molar-refractivity contribution in [3.63, 3.8) is 0 Å². The fourth-order valence-electron chi connectivity index (χ4n) is 2.64. The van der Waals surface area contributed by atoms with E-state index in [0.29, 0.717) is 38.5 Å². The Morgan fingerprint density at radius 3 is 1.25 bits per heavy atom. The molecular formula is C27H44O9. The smallest absolute Gasteiger partial charge is 0.310 e. The molecule has 3 unspecified atom stereocenters. The standard InChI is InChI=1S/C27H44O9/c1-4-21(28)13-7-10-16-25(31)34-19-24(36-27(33)18-12-9-15-23(30)6-3)20-35-26(32)17-11-8-14-22(29)5-2/h7-12,21-24,28-30H,4-6,13-20H2,1-3H3/b10-7+,11-8+,12-9+. The molecular weight excluding hydrogens is 468 g/mol. The van der Waals surface area contributed by atoms with Gasteiger partial charge in [0, 0.05) is 0 Å². The monoisotopic (exact) mass is 512 g/mol. The van der Waals surface area contributed by atoms with Crippen molar-refractivity contribution < 1.29 is 43.9 Å². The Bertz CT molecular complexity index is 659. The number of hydrogen-bond donors (Lipinski definition) is 3. The van der Waals surface area contributed by atoms with Crippen LogP contribution < -0.4 is 0 Å². The van der Waals surface area contributed by atoms with Crippen LogP contribution in [0, 0.1) is 0 Å². The summed E-state index contributed by atoms with van der Waals surface area (Å²) >= 11 is 0. The average Bonchev–Trinajstić information content (AvgIpc) is 2.87. The second-order valence-electron chi connectivity index (χ2n) is 8.40. The third-order valence-corrected chi connectivity index (χ3v) is 5.15. The van der Waals surface area contributed by atoms with Crippen LogP contribution in [0.2, 0.25) is 0 Å². The van der Waals surface area contributed by atoms with Gasteiger partial charge in [0.2, 0.25) is 0 Å². The summed E-state index contributed by atoms with van der Waals surface area (Å²) in [5.41, 5.74) is 0. The van der Waals surface area contributed by atoms with Crippen LogP contribution in [0.5, 0.6) is 0 Å². The van der Waals surface area contributed by atoms with Crippen LogP contribution in [0.25, 0.3) is 0 Å². The second-order valence-corrected chi connectivity index (χ2v) is 8.40. The predicted molar refractivity (Wildman–Crippen MR) is 136 cm³/mol. The highest BCUT2D eigenvalue weighted by molar-refractivity contribution is 5.73. The van der Waals surface area contributed by atoms with Crippen LogP contribution in [-0.4, -0.2) is 70.9 Å². The predicted octanol–water partition coefficient (Wildman–Crippen LogP) is 3.31. The number of hydrogen-bond acceptors (Lipinski definition) is 9. The first-order valence-electron chi connectivity index (χ1n) is 12.7. The molecule has 206 valence electrons. The first kappa shape index (κ1) is 33.5. The van der Waals surface area contributed by atoms with Crippen LogP contribution in [0.3, 0.4) is 0 Å². The van der Waals surface area contributed by atoms with Gasteiger partial charge in [0.1, 0.15) is 13.2 Å². The molecule has 0 aromatic heterocycles. The van der Waals surface area contributed by atoms with E-state index in [4.69, 9.17) is 14.2 Å². The molecule has 0 spiro atoms. The van der Waals surface area contributed by atoms with Gasteiger partial charge in [-0.15, -0.1) is 0 Å². The number of aliphatic hydroxyl groups is 3. The van der Waals surface area contributed by atoms with Crippen LogP contribution in [0.1, 0.15) is 78.6 Å². The topological polar surface area (TPSA) is 140 Å². The molecule has 0 aromatic carbocycles. The highest BCUT2D eigenvalue weighted by Gasteiger charge is 2.18. The summed E-state index contributed by atoms with van der Waals surface area (Å²) < 4.78 is 15.6. The lowest BCUT2D eigenvalue weighted by atomic mass is 10.2. The lowest BCUT2D eigenvalue weighted by molar-refractivity contribution is -0.165. The largest absolute Gasteiger partial charge is 0.461 e. The van der Waals surface area contributed by atoms with Gasteiger partial charge in [-0.1, -0.05) is 57.2 Å². The molecule has 0 aliphatic carbocycles. The number of carbonyl (C=O) groups is 3. The van der Waals surface area contributed by atoms with Gasteiger partial charge in [0.15, 0.2) is 6.10 Å². The lowest BCUT2D eigenvalue weighted by Gasteiger charge is -2.17. The van der Waals surface area contributed by atoms with E-state index in [1.165, 1.54) is 0 Å². The summed E-state index contributed by atoms with van der Waals surface area (Å²) in [6.45, 7) is 5.02. The lowest BCUT2D eigenvalue weighted by Crippen LogP contribution is -2.30. The van der Waals surface area contributed by atoms with E-state index in [9.17, 15) is 29.7 Å². The first-order chi connectivity index (χ1) is 17.2. The minimum atomic E-state index is -0.975. The molecule has 3 atom stereocenters. The summed E-state index contributed by atoms with van der Waals surface area (Å²) in [5.74, 6) is -1.68. The van der Waals surface area contributed by atoms with Gasteiger partial charge in [0.05, 0.1) is 37.6 Å². The fraction of sp³-hybridized carbons (Fsp3) is 0.667. The highest BCUT2D eigenvalue weighted by atomic mass is 16.6. The van der Waals surface area contributed by atoms with Crippen LogP contribution in [0.4, 0.5) is 0 Å². The van der Waals surface area contributed by atoms with Crippen LogP contribution >= 0.6 is 0 Å². The van der Waals surface area contributed by atoms with Crippen LogP contribution in [0.15, 0.2) is 36.5 Å². The van der Waals surface area contributed by atoms with Crippen LogP contribution in [-0.2, 0) is 28.6 Å². The van der Waals surface area contributed by atoms with Crippen molar-refractivity contribution in [1.29, 1.82) is 0 Å². The van der Waals surface area contributed by atoms with E-state index >= 15 is 0 Å². The van der Waals surface area contributed by atoms with Crippen molar-refractivity contribution in [2.75, 3.05) is 13.2 Å². The minimum absolute atomic E-state index is 0.00616. The number of carbonyl (C=O) groups excluding carboxylic acids is 3. The van der Waals surface area contributed by atoms with Crippen molar-refractivity contribution in [2.24, 2.45) is 0 Å². The zero-order chi connectivity index (χ0) is 27.2. The molecule has 0 aromatic rings. The Kier molecular flexibility index (Phi) is 20.3. The summed E-state index contributed by atoms with van der Waals surface area (Å²) in [6.07, 6.45) is 10.6. The number of esters is 3. The maximum Gasteiger partial charge on any atom is 0.310 e. The first-order valence-corrected chi connectivity index (χ1v) is 12.7. The van der Waals surface area contributed by atoms with Gasteiger partial charge in [-0.2, -0.15) is 0 Å². The molecule has 0 radical (unpaired) electrons. The molecule has 0 bridgehead atoms. The van der Waals surface area contributed by atoms with Crippen molar-refractivity contribution in [2.45, 2.75) is 103 Å². The normalized spacial score (nSPS) is 15.2. The zero-order valence-corrected chi connectivity index (χ0v) is 21.8. The summed E-state index contributed by atoms with van der Waals surface area (Å²) in [6, 6.07) is 0. The zero-order valence-electron chi connectivity index (χ0n) is 21.8. The molecule has 0 saturated heterocycles. The van der Waals surface area contributed by atoms with Gasteiger partial charge < -0.3 is 29.5 Å². The van der Waals surface area contributed by atoms with Gasteiger partial charge in [-0.05, 0) is 38.5 Å². The van der Waals surface area contributed by atoms with Crippen molar-refractivity contribution in [3.8, 4) is 0 Å². The molecule has 0 heterocycles. The van der Waals surface area contributed by atoms with E-state index in [0.717, 1.165) is 0 Å². The Hall–Kier alpha value is -2.49. The molecule has 0 aliphatic rings. The van der Waals surface area contributed by atoms with Gasteiger partial charge in [-0.3, -0.25) is 14.4 Å². The Morgan fingerprint density at radius 2 is 0.917 bits per heavy atom. The third kappa shape index (κ3) is 19.8. The van der Waals surface area contributed by atoms with Gasteiger partial charge >= 0.3 is 17.9 Å². The third-order valence-electron chi connectivity index (χ3n) is 5.15. The SMILES string of the molecule is CCC(O)C/C=C/CC(=O)OCC(COC(=O)C/C=C/CC(O)CC)OC(=O)C/C=C/CC(O)CC. The number of aliphatic hydroxyl groups excluding tert-OH is 3. The Morgan fingerprint density at radius 1 is 0.583 bits per heavy atom. The second kappa shape index (κ2) is 21.8. The molecule has 3 N–H and O–H groups in total. The summed E-state index contributed by atoms with van der Waals surface area (Å²) in [4.78, 5) is 36.2. The van der Waals surface area contributed by atoms with Crippen molar-refractivity contribution >= 4 is 17.9 Å². The molecule has 0 fully saturated rings. The Balaban J connectivity index is 4.73. The average molecular weight is 513 g/mol. The highest BCUT2D eigenvalue weighted by Crippen LogP contribution is 2.05. The van der Waals surface area contributed by atoms with Gasteiger partial charge in [-0.25, -0.2) is 0 Å². The van der Waals surface area contributed by atoms with E-state index < -0.39 is 42.3 Å². The van der Waals surface area contributed by atoms with Crippen molar-refractivity contribution in [3.05, 3.63) is 36.5 Å². The molecule has 0 amide bonds. The molecule has 36 heavy (non-hydrogen) atoms. The van der Waals surface area contributed by atoms with Crippen molar-refractivity contribution in [1.82, 2.24) is 0 Å². The maximum absolute atomic E-state index is 12.2.